The standard InChI is InChI=1S/C15H24N2O2/c1-3-13-7-8-14(19-13)15(18)17(4-2)11-12-6-5-9-16-10-12/h7-8,12,16H,3-6,9-11H2,1-2H3. The summed E-state index contributed by atoms with van der Waals surface area (Å²) in [6, 6.07) is 3.69. The van der Waals surface area contributed by atoms with E-state index >= 15 is 0 Å². The van der Waals surface area contributed by atoms with Crippen molar-refractivity contribution in [3.63, 3.8) is 0 Å². The Bertz CT molecular complexity index is 408. The number of nitrogens with zero attached hydrogens (tertiary/aromatic N) is 1. The lowest BCUT2D eigenvalue weighted by molar-refractivity contribution is 0.0695. The van der Waals surface area contributed by atoms with Crippen molar-refractivity contribution < 1.29 is 9.21 Å². The number of hydrogen-bond acceptors (Lipinski definition) is 3. The monoisotopic (exact) mass is 264 g/mol. The summed E-state index contributed by atoms with van der Waals surface area (Å²) in [4.78, 5) is 14.3. The highest BCUT2D eigenvalue weighted by atomic mass is 16.4. The molecule has 2 heterocycles. The number of furan rings is 1. The molecule has 1 unspecified atom stereocenters. The fourth-order valence-corrected chi connectivity index (χ4v) is 2.59. The van der Waals surface area contributed by atoms with Crippen molar-refractivity contribution in [3.05, 3.63) is 23.7 Å². The third-order valence-electron chi connectivity index (χ3n) is 3.77. The second kappa shape index (κ2) is 6.75. The van der Waals surface area contributed by atoms with E-state index in [1.165, 1.54) is 12.8 Å². The molecule has 19 heavy (non-hydrogen) atoms. The summed E-state index contributed by atoms with van der Waals surface area (Å²) in [5, 5.41) is 3.39. The quantitative estimate of drug-likeness (QED) is 0.887. The number of carbonyl (C=O) groups is 1. The van der Waals surface area contributed by atoms with Gasteiger partial charge < -0.3 is 14.6 Å². The second-order valence-electron chi connectivity index (χ2n) is 5.18. The molecule has 0 spiro atoms. The molecule has 1 amide bonds. The molecule has 106 valence electrons. The van der Waals surface area contributed by atoms with Gasteiger partial charge in [0.1, 0.15) is 5.76 Å². The molecule has 1 fully saturated rings. The first-order chi connectivity index (χ1) is 9.24. The summed E-state index contributed by atoms with van der Waals surface area (Å²) in [5.74, 6) is 1.94. The Balaban J connectivity index is 1.97. The Morgan fingerprint density at radius 2 is 2.32 bits per heavy atom. The third-order valence-corrected chi connectivity index (χ3v) is 3.77. The zero-order chi connectivity index (χ0) is 13.7. The molecule has 2 rings (SSSR count). The maximum absolute atomic E-state index is 12.4. The van der Waals surface area contributed by atoms with E-state index < -0.39 is 0 Å². The maximum atomic E-state index is 12.4. The van der Waals surface area contributed by atoms with Crippen LogP contribution in [0.4, 0.5) is 0 Å². The number of rotatable bonds is 5. The highest BCUT2D eigenvalue weighted by Gasteiger charge is 2.22. The van der Waals surface area contributed by atoms with Crippen LogP contribution in [0.3, 0.4) is 0 Å². The summed E-state index contributed by atoms with van der Waals surface area (Å²) in [5.41, 5.74) is 0. The minimum Gasteiger partial charge on any atom is -0.456 e. The summed E-state index contributed by atoms with van der Waals surface area (Å²) < 4.78 is 5.56. The van der Waals surface area contributed by atoms with E-state index in [4.69, 9.17) is 4.42 Å². The number of aryl methyl sites for hydroxylation is 1. The lowest BCUT2D eigenvalue weighted by atomic mass is 9.99. The maximum Gasteiger partial charge on any atom is 0.289 e. The molecule has 0 radical (unpaired) electrons. The number of hydrogen-bond donors (Lipinski definition) is 1. The van der Waals surface area contributed by atoms with Crippen LogP contribution in [0.25, 0.3) is 0 Å². The lowest BCUT2D eigenvalue weighted by Gasteiger charge is -2.29. The summed E-state index contributed by atoms with van der Waals surface area (Å²) in [6.45, 7) is 7.73. The van der Waals surface area contributed by atoms with Crippen molar-refractivity contribution in [2.75, 3.05) is 26.2 Å². The summed E-state index contributed by atoms with van der Waals surface area (Å²) in [7, 11) is 0. The van der Waals surface area contributed by atoms with Crippen LogP contribution in [-0.2, 0) is 6.42 Å². The molecule has 1 saturated heterocycles. The zero-order valence-corrected chi connectivity index (χ0v) is 11.9. The minimum atomic E-state index is 0.0211. The van der Waals surface area contributed by atoms with E-state index in [0.717, 1.165) is 38.4 Å². The minimum absolute atomic E-state index is 0.0211. The largest absolute Gasteiger partial charge is 0.456 e. The van der Waals surface area contributed by atoms with E-state index in [2.05, 4.69) is 5.32 Å². The van der Waals surface area contributed by atoms with Crippen molar-refractivity contribution in [2.24, 2.45) is 5.92 Å². The van der Waals surface area contributed by atoms with E-state index in [1.54, 1.807) is 6.07 Å². The summed E-state index contributed by atoms with van der Waals surface area (Å²) >= 11 is 0. The topological polar surface area (TPSA) is 45.5 Å². The Hall–Kier alpha value is -1.29. The van der Waals surface area contributed by atoms with Gasteiger partial charge in [0.2, 0.25) is 0 Å². The van der Waals surface area contributed by atoms with Crippen LogP contribution in [0.2, 0.25) is 0 Å². The first-order valence-corrected chi connectivity index (χ1v) is 7.33. The molecule has 4 nitrogen and oxygen atoms in total. The van der Waals surface area contributed by atoms with Crippen LogP contribution in [0, 0.1) is 5.92 Å². The van der Waals surface area contributed by atoms with Crippen molar-refractivity contribution >= 4 is 5.91 Å². The Morgan fingerprint density at radius 1 is 1.47 bits per heavy atom. The fraction of sp³-hybridized carbons (Fsp3) is 0.667. The molecule has 0 bridgehead atoms. The van der Waals surface area contributed by atoms with E-state index in [9.17, 15) is 4.79 Å². The fourth-order valence-electron chi connectivity index (χ4n) is 2.59. The molecule has 0 saturated carbocycles. The molecule has 4 heteroatoms. The van der Waals surface area contributed by atoms with Gasteiger partial charge in [-0.25, -0.2) is 0 Å². The molecule has 1 N–H and O–H groups in total. The average molecular weight is 264 g/mol. The predicted molar refractivity (Wildman–Crippen MR) is 75.3 cm³/mol. The molecule has 1 aromatic rings. The molecule has 1 atom stereocenters. The van der Waals surface area contributed by atoms with Crippen molar-refractivity contribution in [1.29, 1.82) is 0 Å². The summed E-state index contributed by atoms with van der Waals surface area (Å²) in [6.07, 6.45) is 3.23. The lowest BCUT2D eigenvalue weighted by Crippen LogP contribution is -2.40. The van der Waals surface area contributed by atoms with Gasteiger partial charge in [0.15, 0.2) is 5.76 Å². The first-order valence-electron chi connectivity index (χ1n) is 7.33. The van der Waals surface area contributed by atoms with Gasteiger partial charge in [-0.05, 0) is 50.9 Å². The Labute approximate surface area is 115 Å². The number of nitrogens with one attached hydrogen (secondary N) is 1. The van der Waals surface area contributed by atoms with Gasteiger partial charge in [0, 0.05) is 19.5 Å². The molecule has 1 aliphatic rings. The van der Waals surface area contributed by atoms with Gasteiger partial charge in [0.05, 0.1) is 0 Å². The van der Waals surface area contributed by atoms with Gasteiger partial charge in [-0.3, -0.25) is 4.79 Å². The van der Waals surface area contributed by atoms with Crippen LogP contribution in [0.1, 0.15) is 43.0 Å². The SMILES string of the molecule is CCc1ccc(C(=O)N(CC)CC2CCCNC2)o1. The van der Waals surface area contributed by atoms with Gasteiger partial charge in [-0.15, -0.1) is 0 Å². The molecule has 0 aromatic carbocycles. The van der Waals surface area contributed by atoms with Gasteiger partial charge in [-0.1, -0.05) is 6.92 Å². The van der Waals surface area contributed by atoms with E-state index in [-0.39, 0.29) is 5.91 Å². The Kier molecular flexibility index (Phi) is 5.02. The normalized spacial score (nSPS) is 19.4. The molecule has 1 aromatic heterocycles. The number of carbonyl (C=O) groups excluding carboxylic acids is 1. The molecule has 0 aliphatic carbocycles. The zero-order valence-electron chi connectivity index (χ0n) is 11.9. The van der Waals surface area contributed by atoms with Crippen LogP contribution in [0.5, 0.6) is 0 Å². The van der Waals surface area contributed by atoms with Crippen LogP contribution >= 0.6 is 0 Å². The van der Waals surface area contributed by atoms with Crippen LogP contribution in [-0.4, -0.2) is 37.0 Å². The molecule has 1 aliphatic heterocycles. The third kappa shape index (κ3) is 3.60. The predicted octanol–water partition coefficient (Wildman–Crippen LogP) is 2.30. The first kappa shape index (κ1) is 14.1. The van der Waals surface area contributed by atoms with Crippen LogP contribution < -0.4 is 5.32 Å². The van der Waals surface area contributed by atoms with Crippen LogP contribution in [0.15, 0.2) is 16.5 Å². The van der Waals surface area contributed by atoms with Gasteiger partial charge >= 0.3 is 0 Å². The van der Waals surface area contributed by atoms with E-state index in [1.807, 2.05) is 24.8 Å². The molecular weight excluding hydrogens is 240 g/mol. The van der Waals surface area contributed by atoms with Crippen molar-refractivity contribution in [3.8, 4) is 0 Å². The smallest absolute Gasteiger partial charge is 0.289 e. The van der Waals surface area contributed by atoms with Crippen molar-refractivity contribution in [1.82, 2.24) is 10.2 Å². The molecular formula is C15H24N2O2. The average Bonchev–Trinajstić information content (AvgIpc) is 2.94. The number of piperidine rings is 1. The highest BCUT2D eigenvalue weighted by Crippen LogP contribution is 2.15. The second-order valence-corrected chi connectivity index (χ2v) is 5.18. The number of amides is 1. The highest BCUT2D eigenvalue weighted by molar-refractivity contribution is 5.91. The van der Waals surface area contributed by atoms with Gasteiger partial charge in [-0.2, -0.15) is 0 Å². The Morgan fingerprint density at radius 3 is 2.89 bits per heavy atom. The van der Waals surface area contributed by atoms with Gasteiger partial charge in [0.25, 0.3) is 5.91 Å². The van der Waals surface area contributed by atoms with E-state index in [0.29, 0.717) is 11.7 Å². The van der Waals surface area contributed by atoms with Crippen molar-refractivity contribution in [2.45, 2.75) is 33.1 Å².